The average molecular weight is 367 g/mol. The van der Waals surface area contributed by atoms with Crippen LogP contribution in [0.2, 0.25) is 5.02 Å². The van der Waals surface area contributed by atoms with Gasteiger partial charge in [0.2, 0.25) is 0 Å². The highest BCUT2D eigenvalue weighted by Crippen LogP contribution is 2.37. The molecule has 3 rings (SSSR count). The fourth-order valence-corrected chi connectivity index (χ4v) is 3.34. The second-order valence-electron chi connectivity index (χ2n) is 7.36. The van der Waals surface area contributed by atoms with Crippen LogP contribution in [-0.2, 0) is 9.53 Å². The molecule has 2 amide bonds. The molecule has 0 bridgehead atoms. The van der Waals surface area contributed by atoms with Crippen LogP contribution in [0.1, 0.15) is 33.6 Å². The van der Waals surface area contributed by atoms with E-state index in [1.807, 2.05) is 20.8 Å². The molecule has 0 spiro atoms. The molecule has 6 nitrogen and oxygen atoms in total. The molecule has 7 heteroatoms. The summed E-state index contributed by atoms with van der Waals surface area (Å²) in [6.07, 6.45) is 1.08. The summed E-state index contributed by atoms with van der Waals surface area (Å²) in [5, 5.41) is 0.563. The predicted molar refractivity (Wildman–Crippen MR) is 95.3 cm³/mol. The van der Waals surface area contributed by atoms with Gasteiger partial charge in [0.1, 0.15) is 11.4 Å². The van der Waals surface area contributed by atoms with Gasteiger partial charge in [-0.3, -0.25) is 4.79 Å². The van der Waals surface area contributed by atoms with Gasteiger partial charge in [0, 0.05) is 24.2 Å². The molecule has 0 aromatic heterocycles. The van der Waals surface area contributed by atoms with Gasteiger partial charge in [0.05, 0.1) is 5.69 Å². The number of halogens is 1. The van der Waals surface area contributed by atoms with E-state index >= 15 is 0 Å². The van der Waals surface area contributed by atoms with Crippen LogP contribution < -0.4 is 9.64 Å². The normalized spacial score (nSPS) is 18.6. The Balaban J connectivity index is 1.70. The first-order valence-corrected chi connectivity index (χ1v) is 8.85. The van der Waals surface area contributed by atoms with E-state index in [4.69, 9.17) is 21.1 Å². The number of carbonyl (C=O) groups is 2. The van der Waals surface area contributed by atoms with E-state index in [9.17, 15) is 9.59 Å². The van der Waals surface area contributed by atoms with Crippen molar-refractivity contribution >= 4 is 29.3 Å². The maximum absolute atomic E-state index is 12.4. The zero-order valence-corrected chi connectivity index (χ0v) is 15.5. The van der Waals surface area contributed by atoms with Crippen molar-refractivity contribution in [3.63, 3.8) is 0 Å². The van der Waals surface area contributed by atoms with Crippen LogP contribution in [0.3, 0.4) is 0 Å². The minimum Gasteiger partial charge on any atom is -0.482 e. The van der Waals surface area contributed by atoms with Crippen molar-refractivity contribution in [1.82, 2.24) is 4.90 Å². The topological polar surface area (TPSA) is 59.1 Å². The standard InChI is InChI=1S/C18H23ClN2O4/c1-18(2,3)25-17(23)20-8-6-13(7-9-20)21-14-10-12(19)4-5-15(14)24-11-16(21)22/h4-5,10,13H,6-9,11H2,1-3H3. The first kappa shape index (κ1) is 17.9. The Kier molecular flexibility index (Phi) is 4.82. The third-order valence-electron chi connectivity index (χ3n) is 4.28. The van der Waals surface area contributed by atoms with E-state index in [2.05, 4.69) is 0 Å². The molecule has 1 aromatic rings. The van der Waals surface area contributed by atoms with E-state index in [-0.39, 0.29) is 24.6 Å². The number of rotatable bonds is 1. The fraction of sp³-hybridized carbons (Fsp3) is 0.556. The van der Waals surface area contributed by atoms with Crippen LogP contribution >= 0.6 is 11.6 Å². The SMILES string of the molecule is CC(C)(C)OC(=O)N1CCC(N2C(=O)COc3ccc(Cl)cc32)CC1. The molecule has 136 valence electrons. The van der Waals surface area contributed by atoms with Crippen LogP contribution in [0.5, 0.6) is 5.75 Å². The first-order chi connectivity index (χ1) is 11.7. The number of hydrogen-bond acceptors (Lipinski definition) is 4. The van der Waals surface area contributed by atoms with Crippen molar-refractivity contribution in [1.29, 1.82) is 0 Å². The highest BCUT2D eigenvalue weighted by atomic mass is 35.5. The number of hydrogen-bond donors (Lipinski definition) is 0. The molecule has 2 aliphatic heterocycles. The monoisotopic (exact) mass is 366 g/mol. The van der Waals surface area contributed by atoms with Crippen LogP contribution in [-0.4, -0.2) is 48.2 Å². The number of nitrogens with zero attached hydrogens (tertiary/aromatic N) is 2. The molecule has 2 aliphatic rings. The largest absolute Gasteiger partial charge is 0.482 e. The van der Waals surface area contributed by atoms with Gasteiger partial charge in [-0.25, -0.2) is 4.79 Å². The third-order valence-corrected chi connectivity index (χ3v) is 4.52. The van der Waals surface area contributed by atoms with Crippen molar-refractivity contribution < 1.29 is 19.1 Å². The zero-order valence-electron chi connectivity index (χ0n) is 14.8. The Morgan fingerprint density at radius 1 is 1.28 bits per heavy atom. The highest BCUT2D eigenvalue weighted by Gasteiger charge is 2.35. The Morgan fingerprint density at radius 2 is 1.96 bits per heavy atom. The van der Waals surface area contributed by atoms with Gasteiger partial charge >= 0.3 is 6.09 Å². The number of amides is 2. The second kappa shape index (κ2) is 6.75. The lowest BCUT2D eigenvalue weighted by atomic mass is 10.0. The van der Waals surface area contributed by atoms with Gasteiger partial charge in [-0.05, 0) is 51.8 Å². The van der Waals surface area contributed by atoms with Gasteiger partial charge in [-0.1, -0.05) is 11.6 Å². The minimum absolute atomic E-state index is 0.0207. The Bertz CT molecular complexity index is 678. The van der Waals surface area contributed by atoms with Crippen molar-refractivity contribution in [3.05, 3.63) is 23.2 Å². The Morgan fingerprint density at radius 3 is 2.60 bits per heavy atom. The molecular weight excluding hydrogens is 344 g/mol. The molecule has 25 heavy (non-hydrogen) atoms. The second-order valence-corrected chi connectivity index (χ2v) is 7.80. The molecule has 0 atom stereocenters. The van der Waals surface area contributed by atoms with Crippen molar-refractivity contribution in [2.24, 2.45) is 0 Å². The molecule has 1 aromatic carbocycles. The lowest BCUT2D eigenvalue weighted by molar-refractivity contribution is -0.122. The lowest BCUT2D eigenvalue weighted by Crippen LogP contribution is -2.52. The number of likely N-dealkylation sites (tertiary alicyclic amines) is 1. The Labute approximate surface area is 152 Å². The summed E-state index contributed by atoms with van der Waals surface area (Å²) in [5.74, 6) is 0.587. The summed E-state index contributed by atoms with van der Waals surface area (Å²) in [5.41, 5.74) is 0.198. The molecule has 1 fully saturated rings. The number of benzene rings is 1. The Hall–Kier alpha value is -1.95. The van der Waals surface area contributed by atoms with Gasteiger partial charge in [-0.15, -0.1) is 0 Å². The summed E-state index contributed by atoms with van der Waals surface area (Å²) in [6, 6.07) is 5.31. The van der Waals surface area contributed by atoms with Gasteiger partial charge in [0.25, 0.3) is 5.91 Å². The van der Waals surface area contributed by atoms with Crippen LogP contribution in [0.4, 0.5) is 10.5 Å². The molecule has 2 heterocycles. The van der Waals surface area contributed by atoms with Gasteiger partial charge in [-0.2, -0.15) is 0 Å². The number of carbonyl (C=O) groups excluding carboxylic acids is 2. The van der Waals surface area contributed by atoms with E-state index in [0.29, 0.717) is 42.4 Å². The number of piperidine rings is 1. The predicted octanol–water partition coefficient (Wildman–Crippen LogP) is 3.46. The number of anilines is 1. The van der Waals surface area contributed by atoms with Crippen molar-refractivity contribution in [2.45, 2.75) is 45.3 Å². The molecule has 0 N–H and O–H groups in total. The van der Waals surface area contributed by atoms with Crippen molar-refractivity contribution in [2.75, 3.05) is 24.6 Å². The van der Waals surface area contributed by atoms with Crippen molar-refractivity contribution in [3.8, 4) is 5.75 Å². The maximum atomic E-state index is 12.4. The smallest absolute Gasteiger partial charge is 0.410 e. The molecule has 0 radical (unpaired) electrons. The minimum atomic E-state index is -0.510. The summed E-state index contributed by atoms with van der Waals surface area (Å²) in [7, 11) is 0. The van der Waals surface area contributed by atoms with E-state index in [1.54, 1.807) is 28.0 Å². The average Bonchev–Trinajstić information content (AvgIpc) is 2.53. The van der Waals surface area contributed by atoms with Gasteiger partial charge in [0.15, 0.2) is 6.61 Å². The first-order valence-electron chi connectivity index (χ1n) is 8.47. The number of fused-ring (bicyclic) bond motifs is 1. The number of ether oxygens (including phenoxy) is 2. The molecule has 0 saturated carbocycles. The fourth-order valence-electron chi connectivity index (χ4n) is 3.18. The van der Waals surface area contributed by atoms with Crippen LogP contribution in [0, 0.1) is 0 Å². The third kappa shape index (κ3) is 4.00. The summed E-state index contributed by atoms with van der Waals surface area (Å²) in [4.78, 5) is 28.1. The van der Waals surface area contributed by atoms with E-state index in [1.165, 1.54) is 0 Å². The molecule has 0 unspecified atom stereocenters. The molecular formula is C18H23ClN2O4. The van der Waals surface area contributed by atoms with Crippen LogP contribution in [0.25, 0.3) is 0 Å². The maximum Gasteiger partial charge on any atom is 0.410 e. The van der Waals surface area contributed by atoms with Crippen LogP contribution in [0.15, 0.2) is 18.2 Å². The summed E-state index contributed by atoms with van der Waals surface area (Å²) < 4.78 is 10.9. The highest BCUT2D eigenvalue weighted by molar-refractivity contribution is 6.31. The molecule has 0 aliphatic carbocycles. The van der Waals surface area contributed by atoms with E-state index in [0.717, 1.165) is 0 Å². The quantitative estimate of drug-likeness (QED) is 0.763. The van der Waals surface area contributed by atoms with Gasteiger partial charge < -0.3 is 19.3 Å². The molecule has 1 saturated heterocycles. The lowest BCUT2D eigenvalue weighted by Gasteiger charge is -2.40. The zero-order chi connectivity index (χ0) is 18.2. The van der Waals surface area contributed by atoms with E-state index < -0.39 is 5.60 Å². The summed E-state index contributed by atoms with van der Waals surface area (Å²) in [6.45, 7) is 6.70. The summed E-state index contributed by atoms with van der Waals surface area (Å²) >= 11 is 6.09.